The van der Waals surface area contributed by atoms with E-state index in [-0.39, 0.29) is 11.6 Å². The molecule has 1 atom stereocenters. The van der Waals surface area contributed by atoms with Gasteiger partial charge in [-0.3, -0.25) is 0 Å². The van der Waals surface area contributed by atoms with Crippen LogP contribution in [0.3, 0.4) is 0 Å². The van der Waals surface area contributed by atoms with Gasteiger partial charge in [-0.05, 0) is 18.2 Å². The highest BCUT2D eigenvalue weighted by atomic mass is 35.5. The maximum Gasteiger partial charge on any atom is 0.328 e. The van der Waals surface area contributed by atoms with Crippen LogP contribution in [0, 0.1) is 0 Å². The number of hydrogen-bond donors (Lipinski definition) is 3. The number of carboxylic acids is 1. The zero-order valence-corrected chi connectivity index (χ0v) is 11.5. The Labute approximate surface area is 119 Å². The molecule has 2 amide bonds. The normalized spacial score (nSPS) is 11.7. The van der Waals surface area contributed by atoms with E-state index in [2.05, 4.69) is 15.4 Å². The topological polar surface area (TPSA) is 87.7 Å². The van der Waals surface area contributed by atoms with Crippen LogP contribution >= 0.6 is 23.2 Å². The van der Waals surface area contributed by atoms with E-state index in [0.717, 1.165) is 0 Å². The highest BCUT2D eigenvalue weighted by molar-refractivity contribution is 6.42. The Morgan fingerprint density at radius 1 is 1.37 bits per heavy atom. The molecule has 8 heteroatoms. The van der Waals surface area contributed by atoms with Crippen LogP contribution in [0.25, 0.3) is 0 Å². The third kappa shape index (κ3) is 4.94. The van der Waals surface area contributed by atoms with Crippen molar-refractivity contribution in [2.24, 2.45) is 0 Å². The summed E-state index contributed by atoms with van der Waals surface area (Å²) in [6.45, 7) is -0.135. The molecule has 19 heavy (non-hydrogen) atoms. The van der Waals surface area contributed by atoms with Gasteiger partial charge in [-0.15, -0.1) is 0 Å². The molecule has 104 valence electrons. The first-order valence-corrected chi connectivity index (χ1v) is 5.94. The SMILES string of the molecule is COCC(NC(=O)Nc1ccc(Cl)c(Cl)c1)C(=O)O. The summed E-state index contributed by atoms with van der Waals surface area (Å²) in [5.74, 6) is -1.19. The first-order valence-electron chi connectivity index (χ1n) is 5.18. The van der Waals surface area contributed by atoms with Crippen LogP contribution < -0.4 is 10.6 Å². The van der Waals surface area contributed by atoms with Crippen LogP contribution in [0.4, 0.5) is 10.5 Å². The number of anilines is 1. The zero-order chi connectivity index (χ0) is 14.4. The van der Waals surface area contributed by atoms with Crippen molar-refractivity contribution in [3.63, 3.8) is 0 Å². The molecule has 1 unspecified atom stereocenters. The Bertz CT molecular complexity index is 482. The van der Waals surface area contributed by atoms with Crippen LogP contribution in [0.2, 0.25) is 10.0 Å². The molecule has 1 aromatic rings. The number of rotatable bonds is 5. The molecule has 0 aliphatic heterocycles. The summed E-state index contributed by atoms with van der Waals surface area (Å²) in [5, 5.41) is 14.2. The average molecular weight is 307 g/mol. The van der Waals surface area contributed by atoms with Gasteiger partial charge in [0.1, 0.15) is 0 Å². The molecular weight excluding hydrogens is 295 g/mol. The molecule has 6 nitrogen and oxygen atoms in total. The van der Waals surface area contributed by atoms with E-state index in [1.165, 1.54) is 19.2 Å². The smallest absolute Gasteiger partial charge is 0.328 e. The van der Waals surface area contributed by atoms with E-state index in [4.69, 9.17) is 28.3 Å². The number of carboxylic acid groups (broad SMARTS) is 1. The number of benzene rings is 1. The van der Waals surface area contributed by atoms with Crippen LogP contribution in [0.5, 0.6) is 0 Å². The second-order valence-corrected chi connectivity index (χ2v) is 4.39. The maximum atomic E-state index is 11.6. The molecule has 0 fully saturated rings. The van der Waals surface area contributed by atoms with Gasteiger partial charge < -0.3 is 20.5 Å². The summed E-state index contributed by atoms with van der Waals surface area (Å²) in [7, 11) is 1.34. The van der Waals surface area contributed by atoms with Gasteiger partial charge in [-0.1, -0.05) is 23.2 Å². The number of hydrogen-bond acceptors (Lipinski definition) is 3. The van der Waals surface area contributed by atoms with Gasteiger partial charge in [0.25, 0.3) is 0 Å². The summed E-state index contributed by atoms with van der Waals surface area (Å²) in [5.41, 5.74) is 0.397. The first kappa shape index (κ1) is 15.6. The number of urea groups is 1. The van der Waals surface area contributed by atoms with Crippen molar-refractivity contribution in [2.45, 2.75) is 6.04 Å². The Kier molecular flexibility index (Phi) is 5.88. The molecule has 1 rings (SSSR count). The Hall–Kier alpha value is -1.50. The van der Waals surface area contributed by atoms with Crippen molar-refractivity contribution in [2.75, 3.05) is 19.0 Å². The molecule has 0 aromatic heterocycles. The van der Waals surface area contributed by atoms with E-state index in [0.29, 0.717) is 10.7 Å². The average Bonchev–Trinajstić information content (AvgIpc) is 2.33. The van der Waals surface area contributed by atoms with Gasteiger partial charge in [0.2, 0.25) is 0 Å². The number of methoxy groups -OCH3 is 1. The molecule has 0 heterocycles. The molecule has 3 N–H and O–H groups in total. The summed E-state index contributed by atoms with van der Waals surface area (Å²) in [4.78, 5) is 22.4. The van der Waals surface area contributed by atoms with Gasteiger partial charge in [-0.2, -0.15) is 0 Å². The standard InChI is InChI=1S/C11H12Cl2N2O4/c1-19-5-9(10(16)17)15-11(18)14-6-2-3-7(12)8(13)4-6/h2-4,9H,5H2,1H3,(H,16,17)(H2,14,15,18). The molecule has 0 aliphatic rings. The minimum Gasteiger partial charge on any atom is -0.480 e. The van der Waals surface area contributed by atoms with Crippen molar-refractivity contribution in [1.82, 2.24) is 5.32 Å². The van der Waals surface area contributed by atoms with Crippen LogP contribution in [0.1, 0.15) is 0 Å². The summed E-state index contributed by atoms with van der Waals surface area (Å²) in [6, 6.07) is 2.70. The van der Waals surface area contributed by atoms with E-state index < -0.39 is 18.0 Å². The molecule has 0 spiro atoms. The van der Waals surface area contributed by atoms with E-state index >= 15 is 0 Å². The minimum atomic E-state index is -1.19. The third-order valence-electron chi connectivity index (χ3n) is 2.11. The number of halogens is 2. The zero-order valence-electron chi connectivity index (χ0n) is 9.94. The highest BCUT2D eigenvalue weighted by Gasteiger charge is 2.19. The Morgan fingerprint density at radius 3 is 2.58 bits per heavy atom. The summed E-state index contributed by atoms with van der Waals surface area (Å²) in [6.07, 6.45) is 0. The first-order chi connectivity index (χ1) is 8.93. The maximum absolute atomic E-state index is 11.6. The van der Waals surface area contributed by atoms with Gasteiger partial charge in [-0.25, -0.2) is 9.59 Å². The van der Waals surface area contributed by atoms with Crippen molar-refractivity contribution < 1.29 is 19.4 Å². The lowest BCUT2D eigenvalue weighted by Crippen LogP contribution is -2.45. The molecule has 0 aliphatic carbocycles. The highest BCUT2D eigenvalue weighted by Crippen LogP contribution is 2.24. The predicted octanol–water partition coefficient (Wildman–Crippen LogP) is 2.21. The predicted molar refractivity (Wildman–Crippen MR) is 71.9 cm³/mol. The Morgan fingerprint density at radius 2 is 2.05 bits per heavy atom. The van der Waals surface area contributed by atoms with Gasteiger partial charge in [0.15, 0.2) is 6.04 Å². The lowest BCUT2D eigenvalue weighted by molar-refractivity contribution is -0.140. The van der Waals surface area contributed by atoms with Crippen molar-refractivity contribution in [1.29, 1.82) is 0 Å². The lowest BCUT2D eigenvalue weighted by atomic mass is 10.3. The van der Waals surface area contributed by atoms with E-state index in [9.17, 15) is 9.59 Å². The van der Waals surface area contributed by atoms with E-state index in [1.54, 1.807) is 6.07 Å². The van der Waals surface area contributed by atoms with Crippen molar-refractivity contribution in [3.8, 4) is 0 Å². The van der Waals surface area contributed by atoms with E-state index in [1.807, 2.05) is 0 Å². The lowest BCUT2D eigenvalue weighted by Gasteiger charge is -2.14. The fourth-order valence-electron chi connectivity index (χ4n) is 1.24. The van der Waals surface area contributed by atoms with Crippen molar-refractivity contribution >= 4 is 40.9 Å². The molecule has 1 aromatic carbocycles. The summed E-state index contributed by atoms with van der Waals surface area (Å²) >= 11 is 11.5. The summed E-state index contributed by atoms with van der Waals surface area (Å²) < 4.78 is 4.69. The quantitative estimate of drug-likeness (QED) is 0.778. The number of nitrogens with one attached hydrogen (secondary N) is 2. The molecule has 0 radical (unpaired) electrons. The molecular formula is C11H12Cl2N2O4. The van der Waals surface area contributed by atoms with Gasteiger partial charge in [0.05, 0.1) is 16.7 Å². The Balaban J connectivity index is 2.63. The van der Waals surface area contributed by atoms with Gasteiger partial charge >= 0.3 is 12.0 Å². The molecule has 0 saturated heterocycles. The molecule has 0 saturated carbocycles. The molecule has 0 bridgehead atoms. The van der Waals surface area contributed by atoms with Crippen LogP contribution in [-0.2, 0) is 9.53 Å². The van der Waals surface area contributed by atoms with Crippen LogP contribution in [-0.4, -0.2) is 36.9 Å². The fourth-order valence-corrected chi connectivity index (χ4v) is 1.54. The second kappa shape index (κ2) is 7.18. The monoisotopic (exact) mass is 306 g/mol. The fraction of sp³-hybridized carbons (Fsp3) is 0.273. The third-order valence-corrected chi connectivity index (χ3v) is 2.85. The number of aliphatic carboxylic acids is 1. The number of carbonyl (C=O) groups is 2. The van der Waals surface area contributed by atoms with Crippen molar-refractivity contribution in [3.05, 3.63) is 28.2 Å². The van der Waals surface area contributed by atoms with Crippen LogP contribution in [0.15, 0.2) is 18.2 Å². The second-order valence-electron chi connectivity index (χ2n) is 3.57. The largest absolute Gasteiger partial charge is 0.480 e. The van der Waals surface area contributed by atoms with Gasteiger partial charge in [0, 0.05) is 12.8 Å². The number of amides is 2. The number of ether oxygens (including phenoxy) is 1. The number of carbonyl (C=O) groups excluding carboxylic acids is 1. The minimum absolute atomic E-state index is 0.135.